The number of nitrogens with one attached hydrogen (secondary N) is 1. The van der Waals surface area contributed by atoms with Crippen molar-refractivity contribution in [2.45, 2.75) is 13.5 Å². The number of hydrogen-bond acceptors (Lipinski definition) is 2. The van der Waals surface area contributed by atoms with Gasteiger partial charge in [-0.15, -0.1) is 0 Å². The molecule has 0 aliphatic rings. The number of benzene rings is 3. The Labute approximate surface area is 148 Å². The Kier molecular flexibility index (Phi) is 4.17. The van der Waals surface area contributed by atoms with Crippen molar-refractivity contribution < 1.29 is 0 Å². The van der Waals surface area contributed by atoms with E-state index in [2.05, 4.69) is 85.0 Å². The number of para-hydroxylation sites is 1. The summed E-state index contributed by atoms with van der Waals surface area (Å²) in [6.45, 7) is 2.86. The molecule has 0 unspecified atom stereocenters. The smallest absolute Gasteiger partial charge is 0.134 e. The molecule has 0 spiro atoms. The quantitative estimate of drug-likeness (QED) is 0.511. The summed E-state index contributed by atoms with van der Waals surface area (Å²) in [5.74, 6) is 0.923. The summed E-state index contributed by atoms with van der Waals surface area (Å²) in [4.78, 5) is 4.88. The van der Waals surface area contributed by atoms with Gasteiger partial charge in [0.1, 0.15) is 5.82 Å². The Morgan fingerprint density at radius 2 is 1.52 bits per heavy atom. The minimum Gasteiger partial charge on any atom is -0.365 e. The van der Waals surface area contributed by atoms with Crippen LogP contribution in [0.4, 0.5) is 5.82 Å². The van der Waals surface area contributed by atoms with Crippen LogP contribution in [0.25, 0.3) is 22.0 Å². The lowest BCUT2D eigenvalue weighted by Crippen LogP contribution is -2.03. The van der Waals surface area contributed by atoms with Gasteiger partial charge in [0, 0.05) is 17.5 Å². The van der Waals surface area contributed by atoms with Gasteiger partial charge in [-0.05, 0) is 30.2 Å². The van der Waals surface area contributed by atoms with Crippen LogP contribution < -0.4 is 5.32 Å². The highest BCUT2D eigenvalue weighted by atomic mass is 15.0. The van der Waals surface area contributed by atoms with Gasteiger partial charge in [0.25, 0.3) is 0 Å². The molecule has 0 fully saturated rings. The first-order valence-corrected chi connectivity index (χ1v) is 8.54. The van der Waals surface area contributed by atoms with Crippen molar-refractivity contribution in [3.8, 4) is 11.1 Å². The van der Waals surface area contributed by atoms with E-state index < -0.39 is 0 Å². The largest absolute Gasteiger partial charge is 0.365 e. The molecule has 3 aromatic carbocycles. The number of fused-ring (bicyclic) bond motifs is 1. The van der Waals surface area contributed by atoms with E-state index in [0.717, 1.165) is 28.8 Å². The van der Waals surface area contributed by atoms with Crippen LogP contribution in [0.15, 0.2) is 84.9 Å². The standard InChI is InChI=1S/C23H20N2/c1-17-11-13-19(14-12-17)21-15-20-9-5-6-10-22(20)25-23(21)24-16-18-7-3-2-4-8-18/h2-15H,16H2,1H3,(H,24,25). The van der Waals surface area contributed by atoms with Crippen LogP contribution in [0, 0.1) is 6.92 Å². The molecule has 4 rings (SSSR count). The van der Waals surface area contributed by atoms with Crippen LogP contribution in [0.1, 0.15) is 11.1 Å². The number of rotatable bonds is 4. The summed E-state index contributed by atoms with van der Waals surface area (Å²) in [6, 6.07) is 29.5. The second-order valence-corrected chi connectivity index (χ2v) is 6.28. The summed E-state index contributed by atoms with van der Waals surface area (Å²) in [6.07, 6.45) is 0. The van der Waals surface area contributed by atoms with E-state index in [1.165, 1.54) is 16.7 Å². The molecule has 1 aromatic heterocycles. The highest BCUT2D eigenvalue weighted by Gasteiger charge is 2.09. The molecule has 0 aliphatic heterocycles. The summed E-state index contributed by atoms with van der Waals surface area (Å²) in [7, 11) is 0. The maximum absolute atomic E-state index is 4.88. The van der Waals surface area contributed by atoms with Gasteiger partial charge in [-0.2, -0.15) is 0 Å². The van der Waals surface area contributed by atoms with Crippen molar-refractivity contribution in [2.24, 2.45) is 0 Å². The van der Waals surface area contributed by atoms with Crippen molar-refractivity contribution in [1.82, 2.24) is 4.98 Å². The monoisotopic (exact) mass is 324 g/mol. The molecule has 1 N–H and O–H groups in total. The maximum Gasteiger partial charge on any atom is 0.134 e. The highest BCUT2D eigenvalue weighted by molar-refractivity contribution is 5.89. The number of aryl methyl sites for hydroxylation is 1. The molecular formula is C23H20N2. The molecule has 0 bridgehead atoms. The molecule has 2 heteroatoms. The fraction of sp³-hybridized carbons (Fsp3) is 0.0870. The molecule has 0 radical (unpaired) electrons. The Morgan fingerprint density at radius 1 is 0.800 bits per heavy atom. The average Bonchev–Trinajstić information content (AvgIpc) is 2.67. The fourth-order valence-electron chi connectivity index (χ4n) is 2.99. The van der Waals surface area contributed by atoms with Gasteiger partial charge in [-0.3, -0.25) is 0 Å². The summed E-state index contributed by atoms with van der Waals surface area (Å²) >= 11 is 0. The fourth-order valence-corrected chi connectivity index (χ4v) is 2.99. The lowest BCUT2D eigenvalue weighted by atomic mass is 10.0. The van der Waals surface area contributed by atoms with Crippen molar-refractivity contribution in [3.05, 3.63) is 96.1 Å². The van der Waals surface area contributed by atoms with Gasteiger partial charge in [-0.1, -0.05) is 78.4 Å². The molecule has 4 aromatic rings. The van der Waals surface area contributed by atoms with Gasteiger partial charge in [0.05, 0.1) is 5.52 Å². The van der Waals surface area contributed by atoms with Crippen LogP contribution in [-0.2, 0) is 6.54 Å². The van der Waals surface area contributed by atoms with Crippen LogP contribution in [0.5, 0.6) is 0 Å². The third-order valence-electron chi connectivity index (χ3n) is 4.39. The lowest BCUT2D eigenvalue weighted by Gasteiger charge is -2.13. The molecule has 2 nitrogen and oxygen atoms in total. The first-order valence-electron chi connectivity index (χ1n) is 8.54. The van der Waals surface area contributed by atoms with Gasteiger partial charge < -0.3 is 5.32 Å². The molecule has 0 atom stereocenters. The van der Waals surface area contributed by atoms with Crippen LogP contribution in [-0.4, -0.2) is 4.98 Å². The lowest BCUT2D eigenvalue weighted by molar-refractivity contribution is 1.12. The van der Waals surface area contributed by atoms with Crippen molar-refractivity contribution >= 4 is 16.7 Å². The first kappa shape index (κ1) is 15.4. The van der Waals surface area contributed by atoms with E-state index in [1.54, 1.807) is 0 Å². The third kappa shape index (κ3) is 3.38. The van der Waals surface area contributed by atoms with E-state index in [4.69, 9.17) is 4.98 Å². The second-order valence-electron chi connectivity index (χ2n) is 6.28. The summed E-state index contributed by atoms with van der Waals surface area (Å²) < 4.78 is 0. The zero-order chi connectivity index (χ0) is 17.1. The number of nitrogens with zero attached hydrogens (tertiary/aromatic N) is 1. The highest BCUT2D eigenvalue weighted by Crippen LogP contribution is 2.30. The maximum atomic E-state index is 4.88. The predicted molar refractivity (Wildman–Crippen MR) is 106 cm³/mol. The molecule has 0 amide bonds. The van der Waals surface area contributed by atoms with Gasteiger partial charge in [-0.25, -0.2) is 4.98 Å². The minimum absolute atomic E-state index is 0.755. The number of hydrogen-bond donors (Lipinski definition) is 1. The van der Waals surface area contributed by atoms with Gasteiger partial charge >= 0.3 is 0 Å². The Balaban J connectivity index is 1.77. The predicted octanol–water partition coefficient (Wildman–Crippen LogP) is 5.82. The molecular weight excluding hydrogens is 304 g/mol. The van der Waals surface area contributed by atoms with E-state index >= 15 is 0 Å². The Morgan fingerprint density at radius 3 is 2.32 bits per heavy atom. The number of anilines is 1. The van der Waals surface area contributed by atoms with Crippen LogP contribution in [0.3, 0.4) is 0 Å². The minimum atomic E-state index is 0.755. The zero-order valence-electron chi connectivity index (χ0n) is 14.2. The van der Waals surface area contributed by atoms with E-state index in [1.807, 2.05) is 12.1 Å². The summed E-state index contributed by atoms with van der Waals surface area (Å²) in [5, 5.41) is 4.68. The van der Waals surface area contributed by atoms with Crippen molar-refractivity contribution in [3.63, 3.8) is 0 Å². The molecule has 122 valence electrons. The van der Waals surface area contributed by atoms with E-state index in [-0.39, 0.29) is 0 Å². The second kappa shape index (κ2) is 6.78. The molecule has 25 heavy (non-hydrogen) atoms. The number of aromatic nitrogens is 1. The van der Waals surface area contributed by atoms with Crippen molar-refractivity contribution in [1.29, 1.82) is 0 Å². The Hall–Kier alpha value is -3.13. The SMILES string of the molecule is Cc1ccc(-c2cc3ccccc3nc2NCc2ccccc2)cc1. The van der Waals surface area contributed by atoms with Crippen LogP contribution >= 0.6 is 0 Å². The third-order valence-corrected chi connectivity index (χ3v) is 4.39. The number of pyridine rings is 1. The molecule has 0 saturated heterocycles. The Bertz CT molecular complexity index is 989. The van der Waals surface area contributed by atoms with Crippen LogP contribution in [0.2, 0.25) is 0 Å². The van der Waals surface area contributed by atoms with E-state index in [0.29, 0.717) is 0 Å². The molecule has 1 heterocycles. The zero-order valence-corrected chi connectivity index (χ0v) is 14.2. The molecule has 0 aliphatic carbocycles. The van der Waals surface area contributed by atoms with Gasteiger partial charge in [0.2, 0.25) is 0 Å². The first-order chi connectivity index (χ1) is 12.3. The van der Waals surface area contributed by atoms with Crippen molar-refractivity contribution in [2.75, 3.05) is 5.32 Å². The average molecular weight is 324 g/mol. The molecule has 0 saturated carbocycles. The summed E-state index contributed by atoms with van der Waals surface area (Å²) in [5.41, 5.74) is 5.83. The van der Waals surface area contributed by atoms with E-state index in [9.17, 15) is 0 Å². The van der Waals surface area contributed by atoms with Gasteiger partial charge in [0.15, 0.2) is 0 Å². The topological polar surface area (TPSA) is 24.9 Å². The normalized spacial score (nSPS) is 10.8.